The van der Waals surface area contributed by atoms with E-state index in [9.17, 15) is 5.11 Å². The lowest BCUT2D eigenvalue weighted by atomic mass is 9.95. The molecule has 0 bridgehead atoms. The summed E-state index contributed by atoms with van der Waals surface area (Å²) < 4.78 is 10.7. The van der Waals surface area contributed by atoms with E-state index in [0.717, 1.165) is 18.2 Å². The van der Waals surface area contributed by atoms with Crippen LogP contribution in [-0.2, 0) is 11.3 Å². The highest BCUT2D eigenvalue weighted by atomic mass is 16.5. The Morgan fingerprint density at radius 3 is 3.05 bits per heavy atom. The zero-order valence-corrected chi connectivity index (χ0v) is 11.9. The largest absolute Gasteiger partial charge is 0.467 e. The number of furan rings is 1. The number of hydrogen-bond donors (Lipinski definition) is 1. The molecule has 0 radical (unpaired) electrons. The highest BCUT2D eigenvalue weighted by Crippen LogP contribution is 2.21. The molecule has 1 fully saturated rings. The Kier molecular flexibility index (Phi) is 5.43. The molecule has 4 nitrogen and oxygen atoms in total. The van der Waals surface area contributed by atoms with Crippen LogP contribution in [-0.4, -0.2) is 41.8 Å². The third-order valence-corrected chi connectivity index (χ3v) is 3.83. The quantitative estimate of drug-likeness (QED) is 0.859. The number of piperidine rings is 1. The van der Waals surface area contributed by atoms with E-state index in [1.807, 2.05) is 12.1 Å². The van der Waals surface area contributed by atoms with Crippen molar-refractivity contribution in [2.45, 2.75) is 45.4 Å². The van der Waals surface area contributed by atoms with Gasteiger partial charge in [-0.05, 0) is 37.8 Å². The second-order valence-electron chi connectivity index (χ2n) is 5.73. The second-order valence-corrected chi connectivity index (χ2v) is 5.73. The van der Waals surface area contributed by atoms with E-state index >= 15 is 0 Å². The predicted molar refractivity (Wildman–Crippen MR) is 73.8 cm³/mol. The molecule has 1 aromatic heterocycles. The standard InChI is InChI=1S/C15H25NO3/c1-12-5-6-13(2)16(8-12)9-14(17)10-18-11-15-4-3-7-19-15/h3-4,7,12-14,17H,5-6,8-11H2,1-2H3. The first kappa shape index (κ1) is 14.6. The van der Waals surface area contributed by atoms with E-state index in [0.29, 0.717) is 25.8 Å². The van der Waals surface area contributed by atoms with Crippen LogP contribution in [0.2, 0.25) is 0 Å². The van der Waals surface area contributed by atoms with Gasteiger partial charge < -0.3 is 14.3 Å². The van der Waals surface area contributed by atoms with Crippen molar-refractivity contribution in [2.75, 3.05) is 19.7 Å². The predicted octanol–water partition coefficient (Wildman–Crippen LogP) is 2.28. The van der Waals surface area contributed by atoms with Crippen molar-refractivity contribution in [3.63, 3.8) is 0 Å². The topological polar surface area (TPSA) is 45.8 Å². The number of nitrogens with zero attached hydrogens (tertiary/aromatic N) is 1. The van der Waals surface area contributed by atoms with Crippen molar-refractivity contribution in [1.82, 2.24) is 4.90 Å². The van der Waals surface area contributed by atoms with Gasteiger partial charge in [-0.1, -0.05) is 6.92 Å². The van der Waals surface area contributed by atoms with Gasteiger partial charge in [-0.15, -0.1) is 0 Å². The fraction of sp³-hybridized carbons (Fsp3) is 0.733. The number of rotatable bonds is 6. The third-order valence-electron chi connectivity index (χ3n) is 3.83. The molecule has 1 aliphatic heterocycles. The van der Waals surface area contributed by atoms with Crippen molar-refractivity contribution < 1.29 is 14.3 Å². The van der Waals surface area contributed by atoms with Crippen molar-refractivity contribution in [3.8, 4) is 0 Å². The Morgan fingerprint density at radius 2 is 2.32 bits per heavy atom. The maximum Gasteiger partial charge on any atom is 0.129 e. The molecule has 0 amide bonds. The monoisotopic (exact) mass is 267 g/mol. The molecular formula is C15H25NO3. The van der Waals surface area contributed by atoms with Crippen molar-refractivity contribution >= 4 is 0 Å². The van der Waals surface area contributed by atoms with Gasteiger partial charge in [0.15, 0.2) is 0 Å². The Balaban J connectivity index is 1.67. The number of ether oxygens (including phenoxy) is 1. The number of likely N-dealkylation sites (tertiary alicyclic amines) is 1. The highest BCUT2D eigenvalue weighted by molar-refractivity contribution is 4.96. The molecule has 1 aliphatic rings. The molecule has 3 unspecified atom stereocenters. The van der Waals surface area contributed by atoms with Crippen molar-refractivity contribution in [2.24, 2.45) is 5.92 Å². The lowest BCUT2D eigenvalue weighted by molar-refractivity contribution is -0.00997. The summed E-state index contributed by atoms with van der Waals surface area (Å²) in [5, 5.41) is 10.0. The molecule has 4 heteroatoms. The van der Waals surface area contributed by atoms with Gasteiger partial charge in [-0.3, -0.25) is 4.90 Å². The van der Waals surface area contributed by atoms with Crippen LogP contribution in [0.15, 0.2) is 22.8 Å². The molecule has 108 valence electrons. The Labute approximate surface area is 115 Å². The molecule has 0 spiro atoms. The van der Waals surface area contributed by atoms with Gasteiger partial charge in [0.1, 0.15) is 12.4 Å². The summed E-state index contributed by atoms with van der Waals surface area (Å²) in [6.07, 6.45) is 3.72. The summed E-state index contributed by atoms with van der Waals surface area (Å²) in [5.41, 5.74) is 0. The molecule has 3 atom stereocenters. The minimum atomic E-state index is -0.428. The lowest BCUT2D eigenvalue weighted by Gasteiger charge is -2.37. The van der Waals surface area contributed by atoms with Crippen LogP contribution >= 0.6 is 0 Å². The van der Waals surface area contributed by atoms with E-state index in [4.69, 9.17) is 9.15 Å². The summed E-state index contributed by atoms with van der Waals surface area (Å²) in [6, 6.07) is 4.28. The molecule has 1 aromatic rings. The molecule has 2 rings (SSSR count). The third kappa shape index (κ3) is 4.64. The summed E-state index contributed by atoms with van der Waals surface area (Å²) in [7, 11) is 0. The molecule has 0 aliphatic carbocycles. The zero-order valence-electron chi connectivity index (χ0n) is 11.9. The second kappa shape index (κ2) is 7.08. The van der Waals surface area contributed by atoms with Crippen LogP contribution in [0.25, 0.3) is 0 Å². The van der Waals surface area contributed by atoms with Crippen LogP contribution in [0.5, 0.6) is 0 Å². The minimum absolute atomic E-state index is 0.359. The maximum absolute atomic E-state index is 10.0. The van der Waals surface area contributed by atoms with Crippen LogP contribution < -0.4 is 0 Å². The summed E-state index contributed by atoms with van der Waals surface area (Å²) in [6.45, 7) is 7.08. The zero-order chi connectivity index (χ0) is 13.7. The van der Waals surface area contributed by atoms with Gasteiger partial charge in [0, 0.05) is 19.1 Å². The molecule has 1 saturated heterocycles. The first-order valence-electron chi connectivity index (χ1n) is 7.17. The first-order chi connectivity index (χ1) is 9.15. The van der Waals surface area contributed by atoms with Gasteiger partial charge >= 0.3 is 0 Å². The van der Waals surface area contributed by atoms with Gasteiger partial charge in [0.05, 0.1) is 19.0 Å². The number of β-amino-alcohol motifs (C(OH)–C–C–N with tert-alkyl or cyclic N) is 1. The van der Waals surface area contributed by atoms with Crippen LogP contribution in [0.4, 0.5) is 0 Å². The van der Waals surface area contributed by atoms with Crippen LogP contribution in [0.1, 0.15) is 32.4 Å². The smallest absolute Gasteiger partial charge is 0.129 e. The van der Waals surface area contributed by atoms with Crippen LogP contribution in [0, 0.1) is 5.92 Å². The van der Waals surface area contributed by atoms with Crippen molar-refractivity contribution in [1.29, 1.82) is 0 Å². The molecule has 0 saturated carbocycles. The normalized spacial score (nSPS) is 26.5. The minimum Gasteiger partial charge on any atom is -0.467 e. The maximum atomic E-state index is 10.0. The molecule has 19 heavy (non-hydrogen) atoms. The van der Waals surface area contributed by atoms with E-state index < -0.39 is 6.10 Å². The molecule has 2 heterocycles. The fourth-order valence-electron chi connectivity index (χ4n) is 2.65. The van der Waals surface area contributed by atoms with Gasteiger partial charge in [0.2, 0.25) is 0 Å². The van der Waals surface area contributed by atoms with E-state index in [-0.39, 0.29) is 0 Å². The molecular weight excluding hydrogens is 242 g/mol. The number of hydrogen-bond acceptors (Lipinski definition) is 4. The highest BCUT2D eigenvalue weighted by Gasteiger charge is 2.24. The fourth-order valence-corrected chi connectivity index (χ4v) is 2.65. The van der Waals surface area contributed by atoms with Gasteiger partial charge in [0.25, 0.3) is 0 Å². The SMILES string of the molecule is CC1CCC(C)N(CC(O)COCc2ccco2)C1. The lowest BCUT2D eigenvalue weighted by Crippen LogP contribution is -2.45. The molecule has 1 N–H and O–H groups in total. The summed E-state index contributed by atoms with van der Waals surface area (Å²) in [5.74, 6) is 1.53. The molecule has 0 aromatic carbocycles. The summed E-state index contributed by atoms with van der Waals surface area (Å²) in [4.78, 5) is 2.37. The Morgan fingerprint density at radius 1 is 1.47 bits per heavy atom. The van der Waals surface area contributed by atoms with E-state index in [1.54, 1.807) is 6.26 Å². The average Bonchev–Trinajstić information content (AvgIpc) is 2.87. The van der Waals surface area contributed by atoms with Gasteiger partial charge in [-0.2, -0.15) is 0 Å². The summed E-state index contributed by atoms with van der Waals surface area (Å²) >= 11 is 0. The van der Waals surface area contributed by atoms with E-state index in [2.05, 4.69) is 18.7 Å². The number of aliphatic hydroxyl groups is 1. The van der Waals surface area contributed by atoms with E-state index in [1.165, 1.54) is 12.8 Å². The van der Waals surface area contributed by atoms with Crippen molar-refractivity contribution in [3.05, 3.63) is 24.2 Å². The van der Waals surface area contributed by atoms with Crippen LogP contribution in [0.3, 0.4) is 0 Å². The first-order valence-corrected chi connectivity index (χ1v) is 7.17. The average molecular weight is 267 g/mol. The Hall–Kier alpha value is -0.840. The van der Waals surface area contributed by atoms with Gasteiger partial charge in [-0.25, -0.2) is 0 Å². The Bertz CT molecular complexity index is 352. The number of aliphatic hydroxyl groups excluding tert-OH is 1.